The first-order chi connectivity index (χ1) is 10.3. The lowest BCUT2D eigenvalue weighted by molar-refractivity contribution is 0.0284. The highest BCUT2D eigenvalue weighted by Crippen LogP contribution is 2.35. The molecule has 2 aliphatic heterocycles. The van der Waals surface area contributed by atoms with Crippen molar-refractivity contribution >= 4 is 27.7 Å². The maximum atomic E-state index is 12.3. The van der Waals surface area contributed by atoms with Crippen LogP contribution in [0.5, 0.6) is 0 Å². The van der Waals surface area contributed by atoms with Crippen molar-refractivity contribution in [3.05, 3.63) is 28.7 Å². The fourth-order valence-electron chi connectivity index (χ4n) is 3.39. The first kappa shape index (κ1) is 15.7. The summed E-state index contributed by atoms with van der Waals surface area (Å²) in [6.07, 6.45) is 0.956. The predicted molar refractivity (Wildman–Crippen MR) is 91.2 cm³/mol. The van der Waals surface area contributed by atoms with Crippen molar-refractivity contribution in [2.75, 3.05) is 24.5 Å². The number of carbonyl (C=O) groups is 1. The number of rotatable bonds is 1. The number of hydrogen-bond donors (Lipinski definition) is 0. The van der Waals surface area contributed by atoms with E-state index < -0.39 is 5.60 Å². The highest BCUT2D eigenvalue weighted by Gasteiger charge is 2.43. The summed E-state index contributed by atoms with van der Waals surface area (Å²) in [6.45, 7) is 8.38. The molecular formula is C17H23BrN2O2. The van der Waals surface area contributed by atoms with E-state index in [1.165, 1.54) is 5.69 Å². The summed E-state index contributed by atoms with van der Waals surface area (Å²) in [6, 6.07) is 8.84. The Hall–Kier alpha value is -1.23. The number of benzene rings is 1. The third kappa shape index (κ3) is 3.24. The molecule has 0 N–H and O–H groups in total. The Morgan fingerprint density at radius 2 is 1.91 bits per heavy atom. The summed E-state index contributed by atoms with van der Waals surface area (Å²) in [5, 5.41) is 0. The Kier molecular flexibility index (Phi) is 4.10. The molecule has 1 amide bonds. The summed E-state index contributed by atoms with van der Waals surface area (Å²) >= 11 is 3.48. The van der Waals surface area contributed by atoms with Crippen LogP contribution in [0.3, 0.4) is 0 Å². The van der Waals surface area contributed by atoms with E-state index in [-0.39, 0.29) is 6.09 Å². The van der Waals surface area contributed by atoms with Crippen LogP contribution < -0.4 is 4.90 Å². The monoisotopic (exact) mass is 366 g/mol. The highest BCUT2D eigenvalue weighted by atomic mass is 79.9. The van der Waals surface area contributed by atoms with E-state index in [9.17, 15) is 4.79 Å². The van der Waals surface area contributed by atoms with Gasteiger partial charge in [-0.1, -0.05) is 15.9 Å². The fraction of sp³-hybridized carbons (Fsp3) is 0.588. The van der Waals surface area contributed by atoms with Crippen LogP contribution in [0.4, 0.5) is 10.5 Å². The second-order valence-electron chi connectivity index (χ2n) is 7.17. The number of fused-ring (bicyclic) bond motifs is 1. The molecule has 0 aromatic heterocycles. The quantitative estimate of drug-likeness (QED) is 0.755. The maximum Gasteiger partial charge on any atom is 0.410 e. The minimum absolute atomic E-state index is 0.183. The average Bonchev–Trinajstić information content (AvgIpc) is 2.97. The van der Waals surface area contributed by atoms with Crippen LogP contribution in [-0.4, -0.2) is 42.3 Å². The standard InChI is InChI=1S/C17H23BrN2O2/c1-17(2,3)22-16(21)19-10-12-8-9-20(15(12)11-19)14-6-4-13(18)5-7-14/h4-7,12,15H,8-11H2,1-3H3/t12-,15+/m1/s1. The fourth-order valence-corrected chi connectivity index (χ4v) is 3.65. The molecule has 2 heterocycles. The topological polar surface area (TPSA) is 32.8 Å². The van der Waals surface area contributed by atoms with Gasteiger partial charge in [-0.05, 0) is 51.5 Å². The van der Waals surface area contributed by atoms with Crippen LogP contribution in [0.25, 0.3) is 0 Å². The number of hydrogen-bond acceptors (Lipinski definition) is 3. The molecular weight excluding hydrogens is 344 g/mol. The predicted octanol–water partition coefficient (Wildman–Crippen LogP) is 3.89. The van der Waals surface area contributed by atoms with E-state index >= 15 is 0 Å². The van der Waals surface area contributed by atoms with Gasteiger partial charge >= 0.3 is 6.09 Å². The average molecular weight is 367 g/mol. The van der Waals surface area contributed by atoms with E-state index in [0.717, 1.165) is 30.5 Å². The molecule has 2 atom stereocenters. The number of halogens is 1. The third-order valence-electron chi connectivity index (χ3n) is 4.36. The molecule has 2 fully saturated rings. The molecule has 3 rings (SSSR count). The van der Waals surface area contributed by atoms with Gasteiger partial charge in [0.1, 0.15) is 5.60 Å². The van der Waals surface area contributed by atoms with Gasteiger partial charge < -0.3 is 14.5 Å². The van der Waals surface area contributed by atoms with Gasteiger partial charge in [-0.15, -0.1) is 0 Å². The highest BCUT2D eigenvalue weighted by molar-refractivity contribution is 9.10. The molecule has 0 bridgehead atoms. The number of nitrogens with zero attached hydrogens (tertiary/aromatic N) is 2. The molecule has 0 aliphatic carbocycles. The number of carbonyl (C=O) groups excluding carboxylic acids is 1. The smallest absolute Gasteiger partial charge is 0.410 e. The molecule has 0 spiro atoms. The third-order valence-corrected chi connectivity index (χ3v) is 4.89. The van der Waals surface area contributed by atoms with Gasteiger partial charge in [0.05, 0.1) is 6.04 Å². The summed E-state index contributed by atoms with van der Waals surface area (Å²) < 4.78 is 6.60. The van der Waals surface area contributed by atoms with Crippen molar-refractivity contribution in [2.45, 2.75) is 38.8 Å². The lowest BCUT2D eigenvalue weighted by atomic mass is 10.1. The lowest BCUT2D eigenvalue weighted by Gasteiger charge is -2.28. The second kappa shape index (κ2) is 5.76. The van der Waals surface area contributed by atoms with E-state index in [2.05, 4.69) is 45.1 Å². The van der Waals surface area contributed by atoms with Crippen LogP contribution in [0.15, 0.2) is 28.7 Å². The SMILES string of the molecule is CC(C)(C)OC(=O)N1C[C@H]2CCN(c3ccc(Br)cc3)[C@H]2C1. The van der Waals surface area contributed by atoms with Crippen molar-refractivity contribution in [1.29, 1.82) is 0 Å². The van der Waals surface area contributed by atoms with Gasteiger partial charge in [0.15, 0.2) is 0 Å². The van der Waals surface area contributed by atoms with Gasteiger partial charge in [0.2, 0.25) is 0 Å². The minimum Gasteiger partial charge on any atom is -0.444 e. The van der Waals surface area contributed by atoms with Crippen LogP contribution in [-0.2, 0) is 4.74 Å². The second-order valence-corrected chi connectivity index (χ2v) is 8.09. The van der Waals surface area contributed by atoms with Gasteiger partial charge in [-0.25, -0.2) is 4.79 Å². The lowest BCUT2D eigenvalue weighted by Crippen LogP contribution is -2.39. The Bertz CT molecular complexity index is 553. The molecule has 4 nitrogen and oxygen atoms in total. The Morgan fingerprint density at radius 1 is 1.23 bits per heavy atom. The van der Waals surface area contributed by atoms with Gasteiger partial charge in [0, 0.05) is 35.7 Å². The molecule has 5 heteroatoms. The van der Waals surface area contributed by atoms with Crippen molar-refractivity contribution < 1.29 is 9.53 Å². The summed E-state index contributed by atoms with van der Waals surface area (Å²) in [7, 11) is 0. The number of anilines is 1. The molecule has 0 radical (unpaired) electrons. The number of ether oxygens (including phenoxy) is 1. The van der Waals surface area contributed by atoms with Crippen LogP contribution >= 0.6 is 15.9 Å². The first-order valence-electron chi connectivity index (χ1n) is 7.83. The van der Waals surface area contributed by atoms with E-state index in [1.807, 2.05) is 25.7 Å². The van der Waals surface area contributed by atoms with Crippen molar-refractivity contribution in [3.8, 4) is 0 Å². The zero-order chi connectivity index (χ0) is 15.9. The van der Waals surface area contributed by atoms with E-state index in [0.29, 0.717) is 12.0 Å². The Balaban J connectivity index is 1.68. The van der Waals surface area contributed by atoms with E-state index in [1.54, 1.807) is 0 Å². The van der Waals surface area contributed by atoms with Gasteiger partial charge in [0.25, 0.3) is 0 Å². The molecule has 0 unspecified atom stereocenters. The largest absolute Gasteiger partial charge is 0.444 e. The van der Waals surface area contributed by atoms with Crippen LogP contribution in [0.1, 0.15) is 27.2 Å². The summed E-state index contributed by atoms with van der Waals surface area (Å²) in [5.74, 6) is 0.552. The Morgan fingerprint density at radius 3 is 2.55 bits per heavy atom. The number of likely N-dealkylation sites (tertiary alicyclic amines) is 1. The minimum atomic E-state index is -0.430. The van der Waals surface area contributed by atoms with Crippen LogP contribution in [0, 0.1) is 5.92 Å². The summed E-state index contributed by atoms with van der Waals surface area (Å²) in [4.78, 5) is 16.6. The zero-order valence-electron chi connectivity index (χ0n) is 13.4. The molecule has 0 saturated carbocycles. The molecule has 2 saturated heterocycles. The molecule has 120 valence electrons. The van der Waals surface area contributed by atoms with Gasteiger partial charge in [-0.2, -0.15) is 0 Å². The molecule has 1 aromatic rings. The first-order valence-corrected chi connectivity index (χ1v) is 8.63. The Labute approximate surface area is 140 Å². The molecule has 2 aliphatic rings. The van der Waals surface area contributed by atoms with Crippen molar-refractivity contribution in [1.82, 2.24) is 4.90 Å². The molecule has 22 heavy (non-hydrogen) atoms. The van der Waals surface area contributed by atoms with Crippen LogP contribution in [0.2, 0.25) is 0 Å². The normalized spacial score (nSPS) is 24.5. The van der Waals surface area contributed by atoms with Crippen molar-refractivity contribution in [3.63, 3.8) is 0 Å². The maximum absolute atomic E-state index is 12.3. The van der Waals surface area contributed by atoms with E-state index in [4.69, 9.17) is 4.74 Å². The summed E-state index contributed by atoms with van der Waals surface area (Å²) in [5.41, 5.74) is 0.807. The van der Waals surface area contributed by atoms with Crippen molar-refractivity contribution in [2.24, 2.45) is 5.92 Å². The zero-order valence-corrected chi connectivity index (χ0v) is 15.0. The molecule has 1 aromatic carbocycles. The van der Waals surface area contributed by atoms with Gasteiger partial charge in [-0.3, -0.25) is 0 Å². The number of amides is 1.